The number of amides is 2. The van der Waals surface area contributed by atoms with E-state index in [-0.39, 0.29) is 0 Å². The number of para-hydroxylation sites is 4. The fourth-order valence-electron chi connectivity index (χ4n) is 7.64. The van der Waals surface area contributed by atoms with Gasteiger partial charge in [0, 0.05) is 38.5 Å². The zero-order valence-electron chi connectivity index (χ0n) is 26.1. The Kier molecular flexibility index (Phi) is 5.78. The minimum atomic E-state index is -0.394. The second-order valence-corrected chi connectivity index (χ2v) is 12.3. The van der Waals surface area contributed by atoms with Crippen LogP contribution in [0.1, 0.15) is 20.7 Å². The summed E-state index contributed by atoms with van der Waals surface area (Å²) in [7, 11) is 0. The van der Waals surface area contributed by atoms with Gasteiger partial charge in [0.15, 0.2) is 0 Å². The topological polar surface area (TPSA) is 60.1 Å². The standard InChI is InChI=1S/C43H26N4O2/c48-42-38-39(43(49)47(42)35-26-14-23-32(44-35)27-15-4-1-5-16-27)41-37(31-22-11-13-25-34(31)46(41)29-19-8-3-9-20-29)36-30-21-10-12-24-33(30)45(40(36)38)28-17-6-2-7-18-28/h1-26H. The Hall–Kier alpha value is -6.79. The molecule has 1 aliphatic heterocycles. The zero-order valence-corrected chi connectivity index (χ0v) is 26.1. The molecule has 0 saturated carbocycles. The molecule has 3 aromatic heterocycles. The van der Waals surface area contributed by atoms with Crippen LogP contribution in [0.5, 0.6) is 0 Å². The molecule has 0 radical (unpaired) electrons. The first kappa shape index (κ1) is 27.3. The fraction of sp³-hybridized carbons (Fsp3) is 0. The third-order valence-electron chi connectivity index (χ3n) is 9.62. The van der Waals surface area contributed by atoms with Crippen LogP contribution in [0.4, 0.5) is 5.82 Å². The molecule has 2 amide bonds. The molecule has 9 aromatic rings. The molecule has 230 valence electrons. The Bertz CT molecular complexity index is 2650. The lowest BCUT2D eigenvalue weighted by molar-refractivity contribution is 0.0926. The number of carbonyl (C=O) groups is 2. The highest BCUT2D eigenvalue weighted by atomic mass is 16.2. The molecule has 0 bridgehead atoms. The highest BCUT2D eigenvalue weighted by Crippen LogP contribution is 2.48. The Morgan fingerprint density at radius 3 is 1.39 bits per heavy atom. The van der Waals surface area contributed by atoms with E-state index in [2.05, 4.69) is 33.4 Å². The maximum absolute atomic E-state index is 15.1. The van der Waals surface area contributed by atoms with Crippen molar-refractivity contribution in [2.45, 2.75) is 0 Å². The number of benzene rings is 6. The molecule has 1 aliphatic rings. The Morgan fingerprint density at radius 2 is 0.878 bits per heavy atom. The summed E-state index contributed by atoms with van der Waals surface area (Å²) in [5, 5.41) is 3.89. The Balaban J connectivity index is 1.40. The fourth-order valence-corrected chi connectivity index (χ4v) is 7.64. The second kappa shape index (κ2) is 10.4. The number of carbonyl (C=O) groups excluding carboxylic acids is 2. The van der Waals surface area contributed by atoms with E-state index < -0.39 is 11.8 Å². The summed E-state index contributed by atoms with van der Waals surface area (Å²) in [6.07, 6.45) is 0. The lowest BCUT2D eigenvalue weighted by Crippen LogP contribution is -2.30. The van der Waals surface area contributed by atoms with Gasteiger partial charge in [-0.15, -0.1) is 0 Å². The average molecular weight is 631 g/mol. The summed E-state index contributed by atoms with van der Waals surface area (Å²) >= 11 is 0. The summed E-state index contributed by atoms with van der Waals surface area (Å²) in [4.78, 5) is 36.3. The Labute approximate surface area is 280 Å². The van der Waals surface area contributed by atoms with E-state index in [1.165, 1.54) is 4.90 Å². The molecular weight excluding hydrogens is 604 g/mol. The molecule has 6 nitrogen and oxygen atoms in total. The summed E-state index contributed by atoms with van der Waals surface area (Å²) in [5.74, 6) is -0.498. The van der Waals surface area contributed by atoms with E-state index in [1.54, 1.807) is 6.07 Å². The van der Waals surface area contributed by atoms with Crippen molar-refractivity contribution >= 4 is 61.2 Å². The molecule has 6 heteroatoms. The van der Waals surface area contributed by atoms with Crippen LogP contribution in [0, 0.1) is 0 Å². The van der Waals surface area contributed by atoms with E-state index in [9.17, 15) is 0 Å². The zero-order chi connectivity index (χ0) is 32.6. The third-order valence-corrected chi connectivity index (χ3v) is 9.62. The van der Waals surface area contributed by atoms with Crippen LogP contribution in [0.15, 0.2) is 158 Å². The highest BCUT2D eigenvalue weighted by molar-refractivity contribution is 6.45. The number of pyridine rings is 1. The number of nitrogens with zero attached hydrogens (tertiary/aromatic N) is 4. The van der Waals surface area contributed by atoms with Crippen molar-refractivity contribution in [1.82, 2.24) is 14.1 Å². The largest absolute Gasteiger partial charge is 0.308 e. The number of aromatic nitrogens is 3. The van der Waals surface area contributed by atoms with Gasteiger partial charge in [0.1, 0.15) is 5.82 Å². The van der Waals surface area contributed by atoms with Crippen molar-refractivity contribution < 1.29 is 9.59 Å². The van der Waals surface area contributed by atoms with Crippen molar-refractivity contribution in [2.24, 2.45) is 0 Å². The van der Waals surface area contributed by atoms with E-state index in [4.69, 9.17) is 4.98 Å². The minimum absolute atomic E-state index is 0.290. The quantitative estimate of drug-likeness (QED) is 0.182. The van der Waals surface area contributed by atoms with Crippen molar-refractivity contribution in [3.63, 3.8) is 0 Å². The molecule has 0 aliphatic carbocycles. The maximum atomic E-state index is 15.1. The lowest BCUT2D eigenvalue weighted by Gasteiger charge is -2.14. The highest BCUT2D eigenvalue weighted by Gasteiger charge is 2.44. The first-order valence-electron chi connectivity index (χ1n) is 16.2. The van der Waals surface area contributed by atoms with Crippen LogP contribution >= 0.6 is 0 Å². The summed E-state index contributed by atoms with van der Waals surface area (Å²) < 4.78 is 4.28. The molecule has 4 heterocycles. The van der Waals surface area contributed by atoms with Gasteiger partial charge in [-0.05, 0) is 48.5 Å². The van der Waals surface area contributed by atoms with E-state index in [1.807, 2.05) is 127 Å². The number of hydrogen-bond donors (Lipinski definition) is 0. The normalized spacial score (nSPS) is 12.9. The first-order valence-corrected chi connectivity index (χ1v) is 16.2. The van der Waals surface area contributed by atoms with Crippen LogP contribution in [0.25, 0.3) is 66.2 Å². The predicted octanol–water partition coefficient (Wildman–Crippen LogP) is 9.74. The SMILES string of the molecule is O=C1c2c(c3c(c4ccccc4n3-c3ccccc3)c3c4ccccc4n(-c4ccccc4)c23)C(=O)N1c1cccc(-c2ccccc2)n1. The molecule has 0 atom stereocenters. The van der Waals surface area contributed by atoms with Gasteiger partial charge < -0.3 is 9.13 Å². The maximum Gasteiger partial charge on any atom is 0.269 e. The molecule has 49 heavy (non-hydrogen) atoms. The van der Waals surface area contributed by atoms with Crippen molar-refractivity contribution in [3.8, 4) is 22.6 Å². The van der Waals surface area contributed by atoms with Crippen LogP contribution in [-0.2, 0) is 0 Å². The molecular formula is C43H26N4O2. The molecule has 0 spiro atoms. The smallest absolute Gasteiger partial charge is 0.269 e. The molecule has 0 saturated heterocycles. The predicted molar refractivity (Wildman–Crippen MR) is 196 cm³/mol. The number of fused-ring (bicyclic) bond motifs is 10. The number of rotatable bonds is 4. The van der Waals surface area contributed by atoms with Gasteiger partial charge in [-0.2, -0.15) is 0 Å². The van der Waals surface area contributed by atoms with Gasteiger partial charge in [0.2, 0.25) is 0 Å². The van der Waals surface area contributed by atoms with Crippen LogP contribution in [-0.4, -0.2) is 25.9 Å². The molecule has 0 N–H and O–H groups in total. The summed E-state index contributed by atoms with van der Waals surface area (Å²) in [6, 6.07) is 51.9. The summed E-state index contributed by atoms with van der Waals surface area (Å²) in [5.41, 5.74) is 7.49. The number of imide groups is 1. The van der Waals surface area contributed by atoms with Gasteiger partial charge in [0.25, 0.3) is 11.8 Å². The third kappa shape index (κ3) is 3.79. The van der Waals surface area contributed by atoms with Gasteiger partial charge >= 0.3 is 0 Å². The Morgan fingerprint density at radius 1 is 0.429 bits per heavy atom. The van der Waals surface area contributed by atoms with Crippen molar-refractivity contribution in [2.75, 3.05) is 4.90 Å². The lowest BCUT2D eigenvalue weighted by atomic mass is 9.98. The number of hydrogen-bond acceptors (Lipinski definition) is 3. The first-order chi connectivity index (χ1) is 24.2. The molecule has 10 rings (SSSR count). The molecule has 6 aromatic carbocycles. The summed E-state index contributed by atoms with van der Waals surface area (Å²) in [6.45, 7) is 0. The molecule has 0 unspecified atom stereocenters. The van der Waals surface area contributed by atoms with E-state index in [0.29, 0.717) is 33.7 Å². The monoisotopic (exact) mass is 630 g/mol. The van der Waals surface area contributed by atoms with Crippen molar-refractivity contribution in [3.05, 3.63) is 169 Å². The average Bonchev–Trinajstić information content (AvgIpc) is 3.77. The van der Waals surface area contributed by atoms with E-state index in [0.717, 1.165) is 49.5 Å². The van der Waals surface area contributed by atoms with Crippen LogP contribution in [0.3, 0.4) is 0 Å². The van der Waals surface area contributed by atoms with Crippen LogP contribution in [0.2, 0.25) is 0 Å². The molecule has 0 fully saturated rings. The van der Waals surface area contributed by atoms with E-state index >= 15 is 9.59 Å². The van der Waals surface area contributed by atoms with Crippen LogP contribution < -0.4 is 4.90 Å². The number of anilines is 1. The second-order valence-electron chi connectivity index (χ2n) is 12.3. The van der Waals surface area contributed by atoms with Gasteiger partial charge in [0.05, 0.1) is 38.9 Å². The minimum Gasteiger partial charge on any atom is -0.308 e. The van der Waals surface area contributed by atoms with Crippen molar-refractivity contribution in [1.29, 1.82) is 0 Å². The van der Waals surface area contributed by atoms with Gasteiger partial charge in [-0.3, -0.25) is 9.59 Å². The van der Waals surface area contributed by atoms with Gasteiger partial charge in [-0.25, -0.2) is 9.88 Å². The van der Waals surface area contributed by atoms with Gasteiger partial charge in [-0.1, -0.05) is 109 Å².